The predicted octanol–water partition coefficient (Wildman–Crippen LogP) is 3.73. The van der Waals surface area contributed by atoms with E-state index in [1.807, 2.05) is 11.8 Å². The predicted molar refractivity (Wildman–Crippen MR) is 103 cm³/mol. The maximum Gasteiger partial charge on any atom is 0.269 e. The number of nitro groups is 1. The molecule has 2 aromatic rings. The highest BCUT2D eigenvalue weighted by molar-refractivity contribution is 7.99. The number of nitro benzene ring substituents is 1. The molecule has 6 nitrogen and oxygen atoms in total. The van der Waals surface area contributed by atoms with Crippen LogP contribution in [0.15, 0.2) is 53.6 Å². The van der Waals surface area contributed by atoms with E-state index in [0.717, 1.165) is 41.7 Å². The molecule has 1 aliphatic rings. The highest BCUT2D eigenvalue weighted by Crippen LogP contribution is 2.18. The number of nitrogens with one attached hydrogen (secondary N) is 1. The monoisotopic (exact) mass is 356 g/mol. The Morgan fingerprint density at radius 2 is 1.76 bits per heavy atom. The zero-order valence-electron chi connectivity index (χ0n) is 14.0. The molecule has 0 aliphatic carbocycles. The van der Waals surface area contributed by atoms with Gasteiger partial charge in [-0.1, -0.05) is 29.8 Å². The van der Waals surface area contributed by atoms with Crippen molar-refractivity contribution in [3.63, 3.8) is 0 Å². The maximum atomic E-state index is 10.7. The number of benzene rings is 2. The van der Waals surface area contributed by atoms with Gasteiger partial charge in [0.2, 0.25) is 0 Å². The minimum absolute atomic E-state index is 0.0707. The summed E-state index contributed by atoms with van der Waals surface area (Å²) in [5.74, 6) is 3.07. The van der Waals surface area contributed by atoms with Gasteiger partial charge in [-0.2, -0.15) is 16.9 Å². The minimum Gasteiger partial charge on any atom is -0.353 e. The first kappa shape index (κ1) is 17.3. The number of rotatable bonds is 4. The van der Waals surface area contributed by atoms with E-state index >= 15 is 0 Å². The molecule has 1 N–H and O–H groups in total. The number of hydrazone groups is 1. The van der Waals surface area contributed by atoms with Crippen molar-refractivity contribution in [1.29, 1.82) is 0 Å². The number of hydrogen-bond acceptors (Lipinski definition) is 5. The van der Waals surface area contributed by atoms with Crippen molar-refractivity contribution >= 4 is 29.0 Å². The topological polar surface area (TPSA) is 70.8 Å². The summed E-state index contributed by atoms with van der Waals surface area (Å²) in [4.78, 5) is 12.6. The molecule has 0 aromatic heterocycles. The molecular weight excluding hydrogens is 336 g/mol. The zero-order valence-corrected chi connectivity index (χ0v) is 14.8. The number of hydrogen-bond donors (Lipinski definition) is 1. The molecule has 1 heterocycles. The Morgan fingerprint density at radius 3 is 2.36 bits per heavy atom. The molecule has 2 aromatic carbocycles. The van der Waals surface area contributed by atoms with Crippen molar-refractivity contribution in [3.05, 3.63) is 69.8 Å². The molecule has 3 rings (SSSR count). The van der Waals surface area contributed by atoms with Gasteiger partial charge in [-0.15, -0.1) is 0 Å². The van der Waals surface area contributed by atoms with Crippen LogP contribution in [0.2, 0.25) is 0 Å². The van der Waals surface area contributed by atoms with Crippen LogP contribution in [0.5, 0.6) is 0 Å². The average molecular weight is 356 g/mol. The van der Waals surface area contributed by atoms with Crippen LogP contribution in [-0.4, -0.2) is 40.3 Å². The lowest BCUT2D eigenvalue weighted by atomic mass is 10.1. The Morgan fingerprint density at radius 1 is 1.12 bits per heavy atom. The van der Waals surface area contributed by atoms with E-state index in [4.69, 9.17) is 0 Å². The summed E-state index contributed by atoms with van der Waals surface area (Å²) < 4.78 is 0. The Labute approximate surface area is 151 Å². The van der Waals surface area contributed by atoms with Crippen LogP contribution in [-0.2, 0) is 0 Å². The summed E-state index contributed by atoms with van der Waals surface area (Å²) in [6.07, 6.45) is 0. The van der Waals surface area contributed by atoms with Gasteiger partial charge in [-0.3, -0.25) is 15.5 Å². The molecule has 0 spiro atoms. The van der Waals surface area contributed by atoms with Crippen molar-refractivity contribution in [3.8, 4) is 0 Å². The SMILES string of the molecule is Cc1ccc(/C(=N/Nc2ccc([N+](=O)[O-])cc2)N2CCSCC2)cc1. The molecule has 25 heavy (non-hydrogen) atoms. The van der Waals surface area contributed by atoms with Crippen LogP contribution in [0, 0.1) is 17.0 Å². The average Bonchev–Trinajstić information content (AvgIpc) is 2.64. The highest BCUT2D eigenvalue weighted by atomic mass is 32.2. The molecule has 0 atom stereocenters. The van der Waals surface area contributed by atoms with E-state index in [1.54, 1.807) is 12.1 Å². The summed E-state index contributed by atoms with van der Waals surface area (Å²) in [7, 11) is 0. The molecule has 1 saturated heterocycles. The Kier molecular flexibility index (Phi) is 5.55. The normalized spacial score (nSPS) is 15.1. The number of non-ortho nitro benzene ring substituents is 1. The summed E-state index contributed by atoms with van der Waals surface area (Å²) in [5.41, 5.74) is 6.10. The molecule has 0 bridgehead atoms. The van der Waals surface area contributed by atoms with Crippen molar-refractivity contribution in [2.24, 2.45) is 5.10 Å². The van der Waals surface area contributed by atoms with E-state index in [0.29, 0.717) is 0 Å². The van der Waals surface area contributed by atoms with E-state index in [9.17, 15) is 10.1 Å². The summed E-state index contributed by atoms with van der Waals surface area (Å²) >= 11 is 1.95. The van der Waals surface area contributed by atoms with E-state index in [-0.39, 0.29) is 5.69 Å². The van der Waals surface area contributed by atoms with E-state index in [1.165, 1.54) is 17.7 Å². The number of anilines is 1. The second kappa shape index (κ2) is 8.02. The molecular formula is C18H20N4O2S. The third-order valence-electron chi connectivity index (χ3n) is 3.99. The molecule has 0 radical (unpaired) electrons. The fraction of sp³-hybridized carbons (Fsp3) is 0.278. The first-order chi connectivity index (χ1) is 12.1. The van der Waals surface area contributed by atoms with Crippen LogP contribution < -0.4 is 5.43 Å². The lowest BCUT2D eigenvalue weighted by molar-refractivity contribution is -0.384. The van der Waals surface area contributed by atoms with Gasteiger partial charge in [-0.25, -0.2) is 0 Å². The molecule has 7 heteroatoms. The van der Waals surface area contributed by atoms with Gasteiger partial charge in [-0.05, 0) is 19.1 Å². The second-order valence-corrected chi connectivity index (χ2v) is 7.04. The van der Waals surface area contributed by atoms with Gasteiger partial charge in [0.15, 0.2) is 5.84 Å². The summed E-state index contributed by atoms with van der Waals surface area (Å²) in [6, 6.07) is 14.6. The molecule has 1 fully saturated rings. The Balaban J connectivity index is 1.83. The van der Waals surface area contributed by atoms with Gasteiger partial charge in [0.25, 0.3) is 5.69 Å². The maximum absolute atomic E-state index is 10.7. The quantitative estimate of drug-likeness (QED) is 0.391. The van der Waals surface area contributed by atoms with Crippen molar-refractivity contribution < 1.29 is 4.92 Å². The van der Waals surface area contributed by atoms with Crippen LogP contribution in [0.3, 0.4) is 0 Å². The second-order valence-electron chi connectivity index (χ2n) is 5.82. The smallest absolute Gasteiger partial charge is 0.269 e. The summed E-state index contributed by atoms with van der Waals surface area (Å²) in [6.45, 7) is 3.98. The highest BCUT2D eigenvalue weighted by Gasteiger charge is 2.17. The van der Waals surface area contributed by atoms with Crippen molar-refractivity contribution in [1.82, 2.24) is 4.90 Å². The third kappa shape index (κ3) is 4.51. The summed E-state index contributed by atoms with van der Waals surface area (Å²) in [5, 5.41) is 15.4. The first-order valence-corrected chi connectivity index (χ1v) is 9.27. The number of amidine groups is 1. The minimum atomic E-state index is -0.407. The van der Waals surface area contributed by atoms with Crippen molar-refractivity contribution in [2.75, 3.05) is 30.0 Å². The Bertz CT molecular complexity index is 754. The number of aryl methyl sites for hydroxylation is 1. The van der Waals surface area contributed by atoms with Crippen LogP contribution in [0.1, 0.15) is 11.1 Å². The molecule has 130 valence electrons. The van der Waals surface area contributed by atoms with E-state index < -0.39 is 4.92 Å². The van der Waals surface area contributed by atoms with Gasteiger partial charge >= 0.3 is 0 Å². The molecule has 0 unspecified atom stereocenters. The zero-order chi connectivity index (χ0) is 17.6. The standard InChI is InChI=1S/C18H20N4O2S/c1-14-2-4-15(5-3-14)18(21-10-12-25-13-11-21)20-19-16-6-8-17(9-7-16)22(23)24/h2-9,19H,10-13H2,1H3/b20-18-. The van der Waals surface area contributed by atoms with Crippen molar-refractivity contribution in [2.45, 2.75) is 6.92 Å². The number of thioether (sulfide) groups is 1. The number of nitrogens with zero attached hydrogens (tertiary/aromatic N) is 3. The lowest BCUT2D eigenvalue weighted by Crippen LogP contribution is -2.39. The van der Waals surface area contributed by atoms with Gasteiger partial charge in [0.1, 0.15) is 0 Å². The largest absolute Gasteiger partial charge is 0.353 e. The van der Waals surface area contributed by atoms with Gasteiger partial charge in [0.05, 0.1) is 10.6 Å². The molecule has 0 amide bonds. The van der Waals surface area contributed by atoms with Crippen LogP contribution in [0.25, 0.3) is 0 Å². The molecule has 0 saturated carbocycles. The van der Waals surface area contributed by atoms with Gasteiger partial charge < -0.3 is 4.90 Å². The van der Waals surface area contributed by atoms with Crippen LogP contribution in [0.4, 0.5) is 11.4 Å². The van der Waals surface area contributed by atoms with E-state index in [2.05, 4.69) is 46.6 Å². The third-order valence-corrected chi connectivity index (χ3v) is 4.93. The van der Waals surface area contributed by atoms with Gasteiger partial charge in [0, 0.05) is 42.3 Å². The molecule has 1 aliphatic heterocycles. The fourth-order valence-electron chi connectivity index (χ4n) is 2.57. The van der Waals surface area contributed by atoms with Crippen LogP contribution >= 0.6 is 11.8 Å². The first-order valence-electron chi connectivity index (χ1n) is 8.11. The fourth-order valence-corrected chi connectivity index (χ4v) is 3.47. The Hall–Kier alpha value is -2.54. The lowest BCUT2D eigenvalue weighted by Gasteiger charge is -2.29.